The number of aryl methyl sites for hydroxylation is 1. The summed E-state index contributed by atoms with van der Waals surface area (Å²) in [5, 5.41) is 2.58. The van der Waals surface area contributed by atoms with E-state index in [9.17, 15) is 18.0 Å². The van der Waals surface area contributed by atoms with Crippen LogP contribution in [0.5, 0.6) is 0 Å². The van der Waals surface area contributed by atoms with Crippen molar-refractivity contribution in [2.75, 3.05) is 17.7 Å². The van der Waals surface area contributed by atoms with Gasteiger partial charge in [-0.15, -0.1) is 0 Å². The summed E-state index contributed by atoms with van der Waals surface area (Å²) in [7, 11) is -3.64. The summed E-state index contributed by atoms with van der Waals surface area (Å²) in [5.41, 5.74) is 2.46. The zero-order valence-electron chi connectivity index (χ0n) is 15.4. The lowest BCUT2D eigenvalue weighted by molar-refractivity contribution is -0.113. The molecule has 2 aromatic carbocycles. The van der Waals surface area contributed by atoms with E-state index in [0.29, 0.717) is 23.4 Å². The summed E-state index contributed by atoms with van der Waals surface area (Å²) in [5.74, 6) is -1.91. The van der Waals surface area contributed by atoms with Crippen molar-refractivity contribution in [2.45, 2.75) is 26.0 Å². The zero-order chi connectivity index (χ0) is 19.9. The maximum atomic E-state index is 12.3. The lowest BCUT2D eigenvalue weighted by Crippen LogP contribution is -2.24. The number of carbonyl (C=O) groups excluding carboxylic acids is 2. The quantitative estimate of drug-likeness (QED) is 0.701. The van der Waals surface area contributed by atoms with E-state index in [-0.39, 0.29) is 5.75 Å². The largest absolute Gasteiger partial charge is 0.462 e. The first-order valence-corrected chi connectivity index (χ1v) is 10.4. The van der Waals surface area contributed by atoms with Crippen molar-refractivity contribution < 1.29 is 22.7 Å². The number of benzene rings is 2. The van der Waals surface area contributed by atoms with Gasteiger partial charge < -0.3 is 10.1 Å². The van der Waals surface area contributed by atoms with Crippen LogP contribution in [0.4, 0.5) is 5.69 Å². The SMILES string of the molecule is CCCOC(=O)c1ccc(CS(=O)(=O)CC(=O)Nc2ccc(C)cc2)cc1. The van der Waals surface area contributed by atoms with Crippen molar-refractivity contribution in [2.24, 2.45) is 0 Å². The Morgan fingerprint density at radius 3 is 2.22 bits per heavy atom. The zero-order valence-corrected chi connectivity index (χ0v) is 16.2. The molecule has 0 aromatic heterocycles. The molecule has 0 fully saturated rings. The number of anilines is 1. The third-order valence-corrected chi connectivity index (χ3v) is 5.18. The van der Waals surface area contributed by atoms with Crippen LogP contribution in [-0.4, -0.2) is 32.7 Å². The molecule has 1 N–H and O–H groups in total. The van der Waals surface area contributed by atoms with Gasteiger partial charge in [0.1, 0.15) is 5.75 Å². The normalized spacial score (nSPS) is 11.0. The average Bonchev–Trinajstić information content (AvgIpc) is 2.61. The Balaban J connectivity index is 1.94. The van der Waals surface area contributed by atoms with Crippen molar-refractivity contribution in [1.82, 2.24) is 0 Å². The standard InChI is InChI=1S/C20H23NO5S/c1-3-12-26-20(23)17-8-6-16(7-9-17)13-27(24,25)14-19(22)21-18-10-4-15(2)5-11-18/h4-11H,3,12-14H2,1-2H3,(H,21,22). The molecule has 7 heteroatoms. The number of carbonyl (C=O) groups is 2. The average molecular weight is 389 g/mol. The summed E-state index contributed by atoms with van der Waals surface area (Å²) in [6.45, 7) is 4.16. The molecule has 0 aliphatic carbocycles. The van der Waals surface area contributed by atoms with Gasteiger partial charge in [-0.05, 0) is 43.2 Å². The second-order valence-electron chi connectivity index (χ2n) is 6.28. The first kappa shape index (κ1) is 20.6. The molecule has 1 amide bonds. The smallest absolute Gasteiger partial charge is 0.338 e. The van der Waals surface area contributed by atoms with Gasteiger partial charge in [0.25, 0.3) is 0 Å². The number of nitrogens with one attached hydrogen (secondary N) is 1. The summed E-state index contributed by atoms with van der Waals surface area (Å²) in [6, 6.07) is 13.3. The van der Waals surface area contributed by atoms with E-state index in [2.05, 4.69) is 5.32 Å². The van der Waals surface area contributed by atoms with Gasteiger partial charge in [0.05, 0.1) is 17.9 Å². The highest BCUT2D eigenvalue weighted by molar-refractivity contribution is 7.91. The maximum absolute atomic E-state index is 12.3. The van der Waals surface area contributed by atoms with E-state index in [4.69, 9.17) is 4.74 Å². The number of hydrogen-bond donors (Lipinski definition) is 1. The molecule has 6 nitrogen and oxygen atoms in total. The molecule has 27 heavy (non-hydrogen) atoms. The molecular formula is C20H23NO5S. The van der Waals surface area contributed by atoms with Gasteiger partial charge in [0.15, 0.2) is 9.84 Å². The molecule has 0 aliphatic heterocycles. The van der Waals surface area contributed by atoms with Gasteiger partial charge in [-0.1, -0.05) is 36.8 Å². The number of esters is 1. The molecule has 0 saturated heterocycles. The van der Waals surface area contributed by atoms with Crippen LogP contribution in [-0.2, 0) is 25.1 Å². The van der Waals surface area contributed by atoms with Crippen LogP contribution in [0, 0.1) is 6.92 Å². The number of hydrogen-bond acceptors (Lipinski definition) is 5. The van der Waals surface area contributed by atoms with Gasteiger partial charge in [-0.25, -0.2) is 13.2 Å². The molecule has 0 saturated carbocycles. The van der Waals surface area contributed by atoms with Crippen molar-refractivity contribution in [1.29, 1.82) is 0 Å². The molecule has 0 heterocycles. The van der Waals surface area contributed by atoms with Crippen LogP contribution in [0.2, 0.25) is 0 Å². The molecule has 0 radical (unpaired) electrons. The summed E-state index contributed by atoms with van der Waals surface area (Å²) in [4.78, 5) is 23.7. The highest BCUT2D eigenvalue weighted by Crippen LogP contribution is 2.12. The van der Waals surface area contributed by atoms with Crippen molar-refractivity contribution in [3.8, 4) is 0 Å². The highest BCUT2D eigenvalue weighted by atomic mass is 32.2. The molecule has 0 unspecified atom stereocenters. The molecule has 0 atom stereocenters. The fourth-order valence-electron chi connectivity index (χ4n) is 2.35. The van der Waals surface area contributed by atoms with E-state index >= 15 is 0 Å². The van der Waals surface area contributed by atoms with Crippen molar-refractivity contribution in [3.63, 3.8) is 0 Å². The predicted octanol–water partition coefficient (Wildman–Crippen LogP) is 3.12. The summed E-state index contributed by atoms with van der Waals surface area (Å²) >= 11 is 0. The lowest BCUT2D eigenvalue weighted by atomic mass is 10.1. The Labute approximate surface area is 159 Å². The lowest BCUT2D eigenvalue weighted by Gasteiger charge is -2.08. The molecule has 2 aromatic rings. The van der Waals surface area contributed by atoms with Crippen LogP contribution in [0.3, 0.4) is 0 Å². The number of amides is 1. The van der Waals surface area contributed by atoms with Gasteiger partial charge >= 0.3 is 5.97 Å². The van der Waals surface area contributed by atoms with Crippen LogP contribution in [0.25, 0.3) is 0 Å². The van der Waals surface area contributed by atoms with E-state index in [1.54, 1.807) is 24.3 Å². The van der Waals surface area contributed by atoms with E-state index in [1.807, 2.05) is 26.0 Å². The Kier molecular flexibility index (Phi) is 7.12. The van der Waals surface area contributed by atoms with Crippen molar-refractivity contribution >= 4 is 27.4 Å². The van der Waals surface area contributed by atoms with Crippen molar-refractivity contribution in [3.05, 3.63) is 65.2 Å². The highest BCUT2D eigenvalue weighted by Gasteiger charge is 2.18. The number of sulfone groups is 1. The van der Waals surface area contributed by atoms with Crippen LogP contribution in [0.15, 0.2) is 48.5 Å². The molecular weight excluding hydrogens is 366 g/mol. The predicted molar refractivity (Wildman–Crippen MR) is 104 cm³/mol. The molecule has 144 valence electrons. The van der Waals surface area contributed by atoms with Crippen LogP contribution >= 0.6 is 0 Å². The topological polar surface area (TPSA) is 89.5 Å². The number of rotatable bonds is 8. The second-order valence-corrected chi connectivity index (χ2v) is 8.34. The van der Waals surface area contributed by atoms with E-state index in [1.165, 1.54) is 12.1 Å². The Morgan fingerprint density at radius 2 is 1.63 bits per heavy atom. The van der Waals surface area contributed by atoms with E-state index in [0.717, 1.165) is 12.0 Å². The molecule has 2 rings (SSSR count). The van der Waals surface area contributed by atoms with Gasteiger partial charge in [-0.2, -0.15) is 0 Å². The third kappa shape index (κ3) is 6.86. The van der Waals surface area contributed by atoms with E-state index < -0.39 is 27.5 Å². The first-order chi connectivity index (χ1) is 12.8. The first-order valence-electron chi connectivity index (χ1n) is 8.62. The van der Waals surface area contributed by atoms with Crippen LogP contribution in [0.1, 0.15) is 34.8 Å². The maximum Gasteiger partial charge on any atom is 0.338 e. The Morgan fingerprint density at radius 1 is 1.00 bits per heavy atom. The Bertz CT molecular complexity index is 887. The third-order valence-electron chi connectivity index (χ3n) is 3.70. The summed E-state index contributed by atoms with van der Waals surface area (Å²) < 4.78 is 29.5. The monoisotopic (exact) mass is 389 g/mol. The fraction of sp³-hybridized carbons (Fsp3) is 0.300. The van der Waals surface area contributed by atoms with Crippen LogP contribution < -0.4 is 5.32 Å². The minimum atomic E-state index is -3.64. The van der Waals surface area contributed by atoms with Gasteiger partial charge in [0.2, 0.25) is 5.91 Å². The molecule has 0 spiro atoms. The van der Waals surface area contributed by atoms with Gasteiger partial charge in [0, 0.05) is 5.69 Å². The fourth-order valence-corrected chi connectivity index (χ4v) is 3.63. The minimum Gasteiger partial charge on any atom is -0.462 e. The Hall–Kier alpha value is -2.67. The molecule has 0 bridgehead atoms. The second kappa shape index (κ2) is 9.32. The molecule has 0 aliphatic rings. The minimum absolute atomic E-state index is 0.279. The number of ether oxygens (including phenoxy) is 1. The summed E-state index contributed by atoms with van der Waals surface area (Å²) in [6.07, 6.45) is 0.729. The van der Waals surface area contributed by atoms with Gasteiger partial charge in [-0.3, -0.25) is 4.79 Å².